The third-order valence-electron chi connectivity index (χ3n) is 6.21. The second-order valence-corrected chi connectivity index (χ2v) is 12.8. The monoisotopic (exact) mass is 589 g/mol. The number of methoxy groups -OCH3 is 2. The highest BCUT2D eigenvalue weighted by molar-refractivity contribution is 7.92. The van der Waals surface area contributed by atoms with E-state index in [2.05, 4.69) is 5.32 Å². The highest BCUT2D eigenvalue weighted by Crippen LogP contribution is 2.33. The van der Waals surface area contributed by atoms with Crippen molar-refractivity contribution in [3.8, 4) is 11.5 Å². The number of anilines is 2. The summed E-state index contributed by atoms with van der Waals surface area (Å²) in [5, 5.41) is 2.67. The number of benzene rings is 3. The van der Waals surface area contributed by atoms with Crippen LogP contribution in [-0.2, 0) is 24.8 Å². The van der Waals surface area contributed by atoms with Crippen molar-refractivity contribution in [2.24, 2.45) is 0 Å². The summed E-state index contributed by atoms with van der Waals surface area (Å²) in [7, 11) is -5.03. The molecule has 0 unspecified atom stereocenters. The van der Waals surface area contributed by atoms with Crippen molar-refractivity contribution < 1.29 is 31.1 Å². The summed E-state index contributed by atoms with van der Waals surface area (Å²) in [5.41, 5.74) is 2.30. The number of nitrogens with zero attached hydrogens (tertiary/aromatic N) is 2. The predicted molar refractivity (Wildman–Crippen MR) is 155 cm³/mol. The molecule has 0 fully saturated rings. The number of ether oxygens (including phenoxy) is 2. The second kappa shape index (κ2) is 12.7. The molecule has 0 aliphatic rings. The van der Waals surface area contributed by atoms with Crippen LogP contribution in [-0.4, -0.2) is 60.9 Å². The molecule has 0 spiro atoms. The lowest BCUT2D eigenvalue weighted by Crippen LogP contribution is -2.38. The minimum absolute atomic E-state index is 0.0805. The van der Waals surface area contributed by atoms with Gasteiger partial charge >= 0.3 is 0 Å². The Morgan fingerprint density at radius 1 is 0.750 bits per heavy atom. The lowest BCUT2D eigenvalue weighted by molar-refractivity contribution is -0.114. The average molecular weight is 590 g/mol. The number of hydrogen-bond donors (Lipinski definition) is 1. The van der Waals surface area contributed by atoms with E-state index < -0.39 is 32.5 Å². The van der Waals surface area contributed by atoms with Crippen LogP contribution in [0.2, 0.25) is 0 Å². The summed E-state index contributed by atoms with van der Waals surface area (Å²) in [6.07, 6.45) is 0. The first kappa shape index (κ1) is 30.9. The summed E-state index contributed by atoms with van der Waals surface area (Å²) >= 11 is 0. The number of amides is 1. The van der Waals surface area contributed by atoms with Gasteiger partial charge in [0.2, 0.25) is 15.9 Å². The van der Waals surface area contributed by atoms with Gasteiger partial charge in [-0.15, -0.1) is 0 Å². The quantitative estimate of drug-likeness (QED) is 0.336. The van der Waals surface area contributed by atoms with E-state index >= 15 is 0 Å². The number of nitrogens with one attached hydrogen (secondary N) is 1. The molecule has 0 aliphatic carbocycles. The summed E-state index contributed by atoms with van der Waals surface area (Å²) in [6.45, 7) is 7.33. The molecule has 0 aromatic heterocycles. The molecule has 0 aliphatic heterocycles. The number of aryl methyl sites for hydroxylation is 2. The van der Waals surface area contributed by atoms with Gasteiger partial charge in [0.15, 0.2) is 11.5 Å². The third-order valence-corrected chi connectivity index (χ3v) is 10.0. The van der Waals surface area contributed by atoms with Gasteiger partial charge in [0, 0.05) is 24.8 Å². The summed E-state index contributed by atoms with van der Waals surface area (Å²) < 4.78 is 66.1. The van der Waals surface area contributed by atoms with Crippen molar-refractivity contribution in [3.05, 3.63) is 71.8 Å². The van der Waals surface area contributed by atoms with Crippen molar-refractivity contribution in [1.82, 2.24) is 4.31 Å². The number of sulfonamides is 2. The van der Waals surface area contributed by atoms with Gasteiger partial charge in [0.25, 0.3) is 10.0 Å². The van der Waals surface area contributed by atoms with Gasteiger partial charge in [-0.1, -0.05) is 19.9 Å². The standard InChI is InChI=1S/C28H35N3O7S2/c1-7-30(8-2)39(33,34)24-11-9-22(10-12-24)29-28(32)19-31(23-16-20(3)15-21(4)17-23)40(35,36)25-13-14-26(37-5)27(18-25)38-6/h9-18H,7-8,19H2,1-6H3,(H,29,32). The van der Waals surface area contributed by atoms with E-state index in [1.165, 1.54) is 61.0 Å². The maximum absolute atomic E-state index is 13.9. The highest BCUT2D eigenvalue weighted by atomic mass is 32.2. The average Bonchev–Trinajstić information content (AvgIpc) is 2.91. The van der Waals surface area contributed by atoms with Gasteiger partial charge in [-0.25, -0.2) is 16.8 Å². The van der Waals surface area contributed by atoms with Crippen molar-refractivity contribution in [2.45, 2.75) is 37.5 Å². The van der Waals surface area contributed by atoms with Crippen LogP contribution in [0.3, 0.4) is 0 Å². The van der Waals surface area contributed by atoms with E-state index in [9.17, 15) is 21.6 Å². The van der Waals surface area contributed by atoms with Crippen LogP contribution in [0.4, 0.5) is 11.4 Å². The fourth-order valence-electron chi connectivity index (χ4n) is 4.27. The van der Waals surface area contributed by atoms with E-state index in [4.69, 9.17) is 9.47 Å². The molecule has 216 valence electrons. The van der Waals surface area contributed by atoms with Gasteiger partial charge in [0.1, 0.15) is 6.54 Å². The fourth-order valence-corrected chi connectivity index (χ4v) is 7.15. The van der Waals surface area contributed by atoms with E-state index in [0.717, 1.165) is 15.4 Å². The molecule has 0 radical (unpaired) electrons. The van der Waals surface area contributed by atoms with Gasteiger partial charge < -0.3 is 14.8 Å². The Hall–Kier alpha value is -3.61. The molecule has 1 amide bonds. The molecule has 40 heavy (non-hydrogen) atoms. The van der Waals surface area contributed by atoms with Crippen molar-refractivity contribution >= 4 is 37.3 Å². The van der Waals surface area contributed by atoms with Crippen molar-refractivity contribution in [1.29, 1.82) is 0 Å². The van der Waals surface area contributed by atoms with Crippen LogP contribution in [0.5, 0.6) is 11.5 Å². The van der Waals surface area contributed by atoms with Crippen LogP contribution >= 0.6 is 0 Å². The maximum Gasteiger partial charge on any atom is 0.264 e. The molecule has 3 aromatic carbocycles. The SMILES string of the molecule is CCN(CC)S(=O)(=O)c1ccc(NC(=O)CN(c2cc(C)cc(C)c2)S(=O)(=O)c2ccc(OC)c(OC)c2)cc1. The Morgan fingerprint density at radius 3 is 1.82 bits per heavy atom. The Kier molecular flexibility index (Phi) is 9.82. The minimum Gasteiger partial charge on any atom is -0.493 e. The van der Waals surface area contributed by atoms with Crippen molar-refractivity contribution in [3.63, 3.8) is 0 Å². The minimum atomic E-state index is -4.22. The molecule has 1 N–H and O–H groups in total. The Labute approximate surface area is 236 Å². The lowest BCUT2D eigenvalue weighted by atomic mass is 10.1. The molecule has 0 heterocycles. The van der Waals surface area contributed by atoms with Crippen molar-refractivity contribution in [2.75, 3.05) is 43.5 Å². The Balaban J connectivity index is 1.94. The topological polar surface area (TPSA) is 122 Å². The van der Waals surface area contributed by atoms with Gasteiger partial charge in [0.05, 0.1) is 29.7 Å². The smallest absolute Gasteiger partial charge is 0.264 e. The summed E-state index contributed by atoms with van der Waals surface area (Å²) in [6, 6.07) is 15.2. The first-order chi connectivity index (χ1) is 18.9. The predicted octanol–water partition coefficient (Wildman–Crippen LogP) is 4.19. The van der Waals surface area contributed by atoms with Crippen LogP contribution in [0.15, 0.2) is 70.5 Å². The van der Waals surface area contributed by atoms with Crippen LogP contribution in [0.1, 0.15) is 25.0 Å². The molecule has 10 nitrogen and oxygen atoms in total. The van der Waals surface area contributed by atoms with Crippen LogP contribution < -0.4 is 19.1 Å². The summed E-state index contributed by atoms with van der Waals surface area (Å²) in [5.74, 6) is -0.0145. The number of carbonyl (C=O) groups excluding carboxylic acids is 1. The van der Waals surface area contributed by atoms with E-state index in [1.807, 2.05) is 19.9 Å². The zero-order valence-corrected chi connectivity index (χ0v) is 25.1. The zero-order valence-electron chi connectivity index (χ0n) is 23.5. The lowest BCUT2D eigenvalue weighted by Gasteiger charge is -2.25. The van der Waals surface area contributed by atoms with Gasteiger partial charge in [-0.2, -0.15) is 4.31 Å². The molecular weight excluding hydrogens is 554 g/mol. The highest BCUT2D eigenvalue weighted by Gasteiger charge is 2.29. The first-order valence-electron chi connectivity index (χ1n) is 12.6. The normalized spacial score (nSPS) is 11.8. The van der Waals surface area contributed by atoms with E-state index in [1.54, 1.807) is 26.0 Å². The first-order valence-corrected chi connectivity index (χ1v) is 15.5. The Morgan fingerprint density at radius 2 is 1.30 bits per heavy atom. The molecule has 0 saturated heterocycles. The molecule has 3 aromatic rings. The molecule has 0 saturated carbocycles. The molecular formula is C28H35N3O7S2. The molecule has 0 atom stereocenters. The van der Waals surface area contributed by atoms with E-state index in [-0.39, 0.29) is 15.5 Å². The third kappa shape index (κ3) is 6.75. The number of carbonyl (C=O) groups is 1. The molecule has 0 bridgehead atoms. The van der Waals surface area contributed by atoms with Gasteiger partial charge in [-0.05, 0) is 73.5 Å². The number of rotatable bonds is 12. The van der Waals surface area contributed by atoms with Gasteiger partial charge in [-0.3, -0.25) is 9.10 Å². The molecule has 3 rings (SSSR count). The zero-order chi connectivity index (χ0) is 29.7. The van der Waals surface area contributed by atoms with Crippen LogP contribution in [0.25, 0.3) is 0 Å². The van der Waals surface area contributed by atoms with Crippen LogP contribution in [0, 0.1) is 13.8 Å². The molecule has 12 heteroatoms. The maximum atomic E-state index is 13.9. The fraction of sp³-hybridized carbons (Fsp3) is 0.321. The second-order valence-electron chi connectivity index (χ2n) is 9.04. The largest absolute Gasteiger partial charge is 0.493 e. The number of hydrogen-bond acceptors (Lipinski definition) is 7. The Bertz CT molecular complexity index is 1550. The summed E-state index contributed by atoms with van der Waals surface area (Å²) in [4.78, 5) is 13.2. The van der Waals surface area contributed by atoms with E-state index in [0.29, 0.717) is 30.2 Å².